The molecule has 26 heteroatoms. The van der Waals surface area contributed by atoms with Crippen LogP contribution in [0.5, 0.6) is 0 Å². The summed E-state index contributed by atoms with van der Waals surface area (Å²) in [5.74, 6) is -3.49. The molecule has 0 aromatic heterocycles. The molecule has 0 bridgehead atoms. The van der Waals surface area contributed by atoms with Crippen LogP contribution in [0.3, 0.4) is 0 Å². The van der Waals surface area contributed by atoms with Gasteiger partial charge in [0, 0.05) is 58.1 Å². The molecular formula is C46H74BF5N6NaO11S2. The van der Waals surface area contributed by atoms with E-state index in [-0.39, 0.29) is 87.8 Å². The topological polar surface area (TPSA) is 239 Å². The quantitative estimate of drug-likeness (QED) is 0.0989. The van der Waals surface area contributed by atoms with Crippen molar-refractivity contribution in [3.63, 3.8) is 0 Å². The molecule has 405 valence electrons. The summed E-state index contributed by atoms with van der Waals surface area (Å²) in [7, 11) is -6.26. The molecule has 2 aromatic rings. The van der Waals surface area contributed by atoms with Gasteiger partial charge in [0.05, 0.1) is 12.5 Å². The molecule has 2 aliphatic heterocycles. The fourth-order valence-corrected chi connectivity index (χ4v) is 8.16. The largest absolute Gasteiger partial charge is 1.00 e. The molecule has 0 spiro atoms. The Morgan fingerprint density at radius 2 is 1.21 bits per heavy atom. The van der Waals surface area contributed by atoms with Crippen LogP contribution in [0.1, 0.15) is 106 Å². The van der Waals surface area contributed by atoms with Gasteiger partial charge in [-0.2, -0.15) is 13.2 Å². The third-order valence-electron chi connectivity index (χ3n) is 10.0. The number of nitrogens with zero attached hydrogens (tertiary/aromatic N) is 1. The first-order valence-corrected chi connectivity index (χ1v) is 26.5. The summed E-state index contributed by atoms with van der Waals surface area (Å²) in [6, 6.07) is 12.5. The number of halogens is 5. The second-order valence-electron chi connectivity index (χ2n) is 19.1. The Balaban J connectivity index is -0.00000100. The van der Waals surface area contributed by atoms with Gasteiger partial charge in [0.2, 0.25) is 20.0 Å². The number of hydrogen-bond acceptors (Lipinski definition) is 12. The van der Waals surface area contributed by atoms with Crippen molar-refractivity contribution in [3.05, 3.63) is 71.3 Å². The number of sulfonamides is 2. The number of amides is 2. The number of alkyl carbamates (subject to hydrolysis) is 2. The molecule has 6 N–H and O–H groups in total. The van der Waals surface area contributed by atoms with Gasteiger partial charge in [0.25, 0.3) is 0 Å². The van der Waals surface area contributed by atoms with Gasteiger partial charge in [-0.1, -0.05) is 36.4 Å². The van der Waals surface area contributed by atoms with E-state index in [1.54, 1.807) is 77.9 Å². The fraction of sp³-hybridized carbons (Fsp3) is 0.652. The number of ether oxygens (including phenoxy) is 2. The Labute approximate surface area is 448 Å². The summed E-state index contributed by atoms with van der Waals surface area (Å²) in [5.41, 5.74) is -0.259. The van der Waals surface area contributed by atoms with Crippen molar-refractivity contribution in [1.82, 2.24) is 30.3 Å². The average Bonchev–Trinajstić information content (AvgIpc) is 3.89. The van der Waals surface area contributed by atoms with E-state index in [4.69, 9.17) is 19.4 Å². The zero-order valence-corrected chi connectivity index (χ0v) is 46.9. The number of aliphatic carboxylic acids is 1. The number of carbonyl (C=O) groups is 4. The smallest absolute Gasteiger partial charge is 1.00 e. The third-order valence-corrected chi connectivity index (χ3v) is 11.4. The number of Topliss-reactive ketones (excluding diaryl/α,β-unsaturated/α-hetero) is 1. The first-order valence-electron chi connectivity index (χ1n) is 22.7. The monoisotopic (exact) mass is 1080 g/mol. The average molecular weight is 1080 g/mol. The molecule has 0 saturated carbocycles. The summed E-state index contributed by atoms with van der Waals surface area (Å²) < 4.78 is 120. The Morgan fingerprint density at radius 1 is 0.778 bits per heavy atom. The van der Waals surface area contributed by atoms with E-state index in [2.05, 4.69) is 37.2 Å². The summed E-state index contributed by atoms with van der Waals surface area (Å²) in [6.45, 7) is 16.9. The number of alkyl halides is 3. The zero-order chi connectivity index (χ0) is 53.7. The van der Waals surface area contributed by atoms with Crippen LogP contribution >= 0.6 is 0 Å². The maximum atomic E-state index is 14.3. The van der Waals surface area contributed by atoms with Crippen molar-refractivity contribution in [2.45, 2.75) is 154 Å². The number of carboxylic acids is 1. The number of rotatable bonds is 17. The van der Waals surface area contributed by atoms with Crippen LogP contribution in [-0.2, 0) is 52.0 Å². The second-order valence-corrected chi connectivity index (χ2v) is 22.8. The second kappa shape index (κ2) is 32.8. The van der Waals surface area contributed by atoms with Crippen molar-refractivity contribution in [3.8, 4) is 0 Å². The van der Waals surface area contributed by atoms with Crippen LogP contribution in [0.4, 0.5) is 31.5 Å². The molecule has 72 heavy (non-hydrogen) atoms. The fourth-order valence-electron chi connectivity index (χ4n) is 7.16. The minimum atomic E-state index is -5.08. The third kappa shape index (κ3) is 34.1. The number of ketones is 1. The van der Waals surface area contributed by atoms with E-state index < -0.39 is 61.6 Å². The van der Waals surface area contributed by atoms with E-state index in [0.29, 0.717) is 43.1 Å². The molecule has 5 atom stereocenters. The number of carbonyl (C=O) groups excluding carboxylic acids is 3. The van der Waals surface area contributed by atoms with Gasteiger partial charge in [-0.25, -0.2) is 49.4 Å². The molecule has 2 saturated heterocycles. The number of benzene rings is 2. The van der Waals surface area contributed by atoms with Crippen LogP contribution < -0.4 is 55.0 Å². The zero-order valence-electron chi connectivity index (χ0n) is 44.3. The molecule has 17 nitrogen and oxygen atoms in total. The standard InChI is InChI=1S/C22H36FN3O4S.C16H22FNO3.C6H14N2O2S.C2HF3O2.B.Na.H/c1-16(26-12-8-10-19(26)15-24-31(5,28)29)13-18(25-21(27)30-22(2,3)4)14-17-9-6-7-11-20(17)23;1-11(19)9-13(18-15(20)21-16(2,3)4)10-12-7-5-6-8-14(12)17;1-11(9,10)8-5-6-3-2-4-7-6;3-2(4,5)1(6)7;;;/h6-7,9,11,16,18-19,24H,8,10,12-15H2,1-5H3,(H,25,27);5-8,13H,9-10H2,1-4H3,(H,18,20);6-8H,2-5H2,1H3;(H,6,7);;;/q;;;;;+1;-1/t16?,18-,19-;13-;6-;;;;/m000..../s1. The Bertz CT molecular complexity index is 2210. The van der Waals surface area contributed by atoms with E-state index in [1.165, 1.54) is 25.3 Å². The molecule has 3 radical (unpaired) electrons. The van der Waals surface area contributed by atoms with Gasteiger partial charge in [-0.05, 0) is 137 Å². The van der Waals surface area contributed by atoms with E-state index >= 15 is 0 Å². The number of likely N-dealkylation sites (tertiary alicyclic amines) is 1. The predicted octanol–water partition coefficient (Wildman–Crippen LogP) is 2.95. The van der Waals surface area contributed by atoms with Gasteiger partial charge < -0.3 is 32.0 Å². The normalized spacial score (nSPS) is 17.2. The van der Waals surface area contributed by atoms with Crippen molar-refractivity contribution >= 4 is 52.4 Å². The Hall–Kier alpha value is -3.43. The number of nitrogens with one attached hydrogen (secondary N) is 5. The van der Waals surface area contributed by atoms with Crippen LogP contribution in [0, 0.1) is 11.6 Å². The minimum Gasteiger partial charge on any atom is -1.00 e. The summed E-state index contributed by atoms with van der Waals surface area (Å²) in [4.78, 5) is 46.7. The van der Waals surface area contributed by atoms with Crippen LogP contribution in [-0.4, -0.2) is 145 Å². The van der Waals surface area contributed by atoms with Crippen molar-refractivity contribution < 1.29 is 104 Å². The van der Waals surface area contributed by atoms with Gasteiger partial charge in [0.1, 0.15) is 28.6 Å². The molecule has 2 fully saturated rings. The van der Waals surface area contributed by atoms with Crippen molar-refractivity contribution in [2.24, 2.45) is 0 Å². The van der Waals surface area contributed by atoms with Crippen molar-refractivity contribution in [2.75, 3.05) is 38.7 Å². The molecule has 2 amide bonds. The van der Waals surface area contributed by atoms with E-state index in [1.807, 2.05) is 0 Å². The SMILES string of the molecule is CC(=O)C[C@@H](Cc1ccccc1F)NC(=O)OC(C)(C)C.CC(C[C@@H](Cc1ccccc1F)NC(=O)OC(C)(C)C)N1CCC[C@H]1CNS(C)(=O)=O.CS(=O)(=O)NC[C@@H]1CCCN1.O=C(O)C(F)(F)F.[B].[H-].[Na+]. The van der Waals surface area contributed by atoms with Gasteiger partial charge in [-0.15, -0.1) is 0 Å². The van der Waals surface area contributed by atoms with Crippen LogP contribution in [0.2, 0.25) is 0 Å². The molecule has 2 heterocycles. The van der Waals surface area contributed by atoms with Crippen molar-refractivity contribution in [1.29, 1.82) is 0 Å². The first kappa shape index (κ1) is 70.7. The summed E-state index contributed by atoms with van der Waals surface area (Å²) in [6.07, 6.45) is 1.54. The summed E-state index contributed by atoms with van der Waals surface area (Å²) >= 11 is 0. The molecular weight excluding hydrogens is 1010 g/mol. The first-order chi connectivity index (χ1) is 32.0. The van der Waals surface area contributed by atoms with E-state index in [0.717, 1.165) is 45.0 Å². The number of carboxylic acid groups (broad SMARTS) is 1. The summed E-state index contributed by atoms with van der Waals surface area (Å²) in [5, 5.41) is 15.9. The van der Waals surface area contributed by atoms with E-state index in [9.17, 15) is 53.2 Å². The molecule has 2 aliphatic rings. The van der Waals surface area contributed by atoms with Crippen LogP contribution in [0.15, 0.2) is 48.5 Å². The Kier molecular flexibility index (Phi) is 32.2. The van der Waals surface area contributed by atoms with Gasteiger partial charge in [0.15, 0.2) is 0 Å². The molecule has 1 unspecified atom stereocenters. The maximum absolute atomic E-state index is 14.3. The predicted molar refractivity (Wildman–Crippen MR) is 263 cm³/mol. The maximum Gasteiger partial charge on any atom is 1.00 e. The molecule has 4 rings (SSSR count). The van der Waals surface area contributed by atoms with Gasteiger partial charge >= 0.3 is 53.9 Å². The Morgan fingerprint density at radius 3 is 1.60 bits per heavy atom. The molecule has 2 aromatic carbocycles. The van der Waals surface area contributed by atoms with Crippen LogP contribution in [0.25, 0.3) is 0 Å². The molecule has 0 aliphatic carbocycles. The minimum absolute atomic E-state index is 0. The van der Waals surface area contributed by atoms with Gasteiger partial charge in [-0.3, -0.25) is 9.69 Å². The number of hydrogen-bond donors (Lipinski definition) is 6.